The zero-order valence-corrected chi connectivity index (χ0v) is 21.9. The third-order valence-corrected chi connectivity index (χ3v) is 13.2. The lowest BCUT2D eigenvalue weighted by Crippen LogP contribution is -2.62. The van der Waals surface area contributed by atoms with Crippen LogP contribution in [0.15, 0.2) is 11.1 Å². The molecule has 3 fully saturated rings. The Morgan fingerprint density at radius 1 is 0.742 bits per heavy atom. The number of fused-ring (bicyclic) bond motifs is 6. The summed E-state index contributed by atoms with van der Waals surface area (Å²) in [5.74, 6) is 3.23. The molecular formula is C30H50O. The van der Waals surface area contributed by atoms with Gasteiger partial charge in [0.2, 0.25) is 0 Å². The Morgan fingerprint density at radius 3 is 2.16 bits per heavy atom. The van der Waals surface area contributed by atoms with Crippen molar-refractivity contribution in [3.05, 3.63) is 11.1 Å². The molecule has 0 radical (unpaired) electrons. The molecule has 5 aliphatic carbocycles. The first kappa shape index (κ1) is 22.5. The van der Waals surface area contributed by atoms with Crippen molar-refractivity contribution in [1.82, 2.24) is 0 Å². The van der Waals surface area contributed by atoms with Crippen LogP contribution in [0.2, 0.25) is 0 Å². The Balaban J connectivity index is 1.61. The van der Waals surface area contributed by atoms with Crippen LogP contribution in [0.5, 0.6) is 0 Å². The van der Waals surface area contributed by atoms with E-state index >= 15 is 0 Å². The van der Waals surface area contributed by atoms with Gasteiger partial charge in [-0.3, -0.25) is 0 Å². The van der Waals surface area contributed by atoms with Crippen molar-refractivity contribution < 1.29 is 5.11 Å². The SMILES string of the molecule is C[C@H]1[C@H](C)CC[C@@]2(C)CC[C@]3(C)C4=C(CC[C@@]3(C)[C@H]12)[C@@]1(C)CC[C@H](O)C(C)(C)[C@@H]1CC4. The third kappa shape index (κ3) is 2.65. The first-order valence-electron chi connectivity index (χ1n) is 13.7. The summed E-state index contributed by atoms with van der Waals surface area (Å²) >= 11 is 0. The predicted molar refractivity (Wildman–Crippen MR) is 131 cm³/mol. The zero-order chi connectivity index (χ0) is 22.6. The Bertz CT molecular complexity index is 792. The minimum Gasteiger partial charge on any atom is -0.393 e. The van der Waals surface area contributed by atoms with Gasteiger partial charge in [-0.1, -0.05) is 66.5 Å². The van der Waals surface area contributed by atoms with Gasteiger partial charge >= 0.3 is 0 Å². The van der Waals surface area contributed by atoms with E-state index < -0.39 is 0 Å². The molecule has 0 bridgehead atoms. The lowest BCUT2D eigenvalue weighted by atomic mass is 9.35. The fourth-order valence-electron chi connectivity index (χ4n) is 11.0. The van der Waals surface area contributed by atoms with Crippen LogP contribution in [0.3, 0.4) is 0 Å². The molecule has 9 atom stereocenters. The summed E-state index contributed by atoms with van der Waals surface area (Å²) in [6.45, 7) is 20.6. The maximum atomic E-state index is 10.9. The van der Waals surface area contributed by atoms with Gasteiger partial charge in [-0.2, -0.15) is 0 Å². The summed E-state index contributed by atoms with van der Waals surface area (Å²) < 4.78 is 0. The Morgan fingerprint density at radius 2 is 1.45 bits per heavy atom. The van der Waals surface area contributed by atoms with E-state index in [4.69, 9.17) is 0 Å². The summed E-state index contributed by atoms with van der Waals surface area (Å²) in [5, 5.41) is 10.9. The number of rotatable bonds is 0. The van der Waals surface area contributed by atoms with Crippen molar-refractivity contribution in [1.29, 1.82) is 0 Å². The summed E-state index contributed by atoms with van der Waals surface area (Å²) in [4.78, 5) is 0. The Kier molecular flexibility index (Phi) is 4.82. The minimum atomic E-state index is -0.128. The molecule has 1 heteroatoms. The maximum absolute atomic E-state index is 10.9. The molecular weight excluding hydrogens is 376 g/mol. The van der Waals surface area contributed by atoms with Crippen LogP contribution >= 0.6 is 0 Å². The second kappa shape index (κ2) is 6.64. The number of aliphatic hydroxyl groups excluding tert-OH is 1. The highest BCUT2D eigenvalue weighted by Crippen LogP contribution is 2.75. The molecule has 0 unspecified atom stereocenters. The van der Waals surface area contributed by atoms with E-state index in [-0.39, 0.29) is 11.5 Å². The second-order valence-corrected chi connectivity index (χ2v) is 14.6. The zero-order valence-electron chi connectivity index (χ0n) is 21.9. The summed E-state index contributed by atoms with van der Waals surface area (Å²) in [6, 6.07) is 0. The van der Waals surface area contributed by atoms with Crippen LogP contribution in [0.4, 0.5) is 0 Å². The van der Waals surface area contributed by atoms with Gasteiger partial charge in [0.25, 0.3) is 0 Å². The predicted octanol–water partition coefficient (Wildman–Crippen LogP) is 8.17. The Labute approximate surface area is 192 Å². The fraction of sp³-hybridized carbons (Fsp3) is 0.933. The molecule has 0 aliphatic heterocycles. The molecule has 3 saturated carbocycles. The van der Waals surface area contributed by atoms with Crippen molar-refractivity contribution in [2.45, 2.75) is 126 Å². The molecule has 0 aromatic rings. The van der Waals surface area contributed by atoms with Crippen molar-refractivity contribution in [3.8, 4) is 0 Å². The monoisotopic (exact) mass is 426 g/mol. The van der Waals surface area contributed by atoms with E-state index in [1.54, 1.807) is 0 Å². The topological polar surface area (TPSA) is 20.2 Å². The van der Waals surface area contributed by atoms with E-state index in [1.165, 1.54) is 57.8 Å². The molecule has 5 rings (SSSR count). The van der Waals surface area contributed by atoms with Gasteiger partial charge in [0.15, 0.2) is 0 Å². The number of hydrogen-bond acceptors (Lipinski definition) is 1. The van der Waals surface area contributed by atoms with Crippen molar-refractivity contribution in [2.75, 3.05) is 0 Å². The summed E-state index contributed by atoms with van der Waals surface area (Å²) in [7, 11) is 0. The normalized spacial score (nSPS) is 56.2. The Hall–Kier alpha value is -0.300. The first-order valence-corrected chi connectivity index (χ1v) is 13.7. The molecule has 1 nitrogen and oxygen atoms in total. The van der Waals surface area contributed by atoms with Gasteiger partial charge < -0.3 is 5.11 Å². The molecule has 176 valence electrons. The molecule has 5 aliphatic rings. The highest BCUT2D eigenvalue weighted by molar-refractivity contribution is 5.38. The number of aliphatic hydroxyl groups is 1. The lowest BCUT2D eigenvalue weighted by molar-refractivity contribution is -0.165. The molecule has 1 N–H and O–H groups in total. The van der Waals surface area contributed by atoms with Crippen LogP contribution in [-0.4, -0.2) is 11.2 Å². The average molecular weight is 427 g/mol. The lowest BCUT2D eigenvalue weighted by Gasteiger charge is -2.70. The largest absolute Gasteiger partial charge is 0.393 e. The summed E-state index contributed by atoms with van der Waals surface area (Å²) in [5.41, 5.74) is 5.50. The van der Waals surface area contributed by atoms with E-state index in [0.717, 1.165) is 24.2 Å². The van der Waals surface area contributed by atoms with Crippen LogP contribution in [0.1, 0.15) is 120 Å². The van der Waals surface area contributed by atoms with Crippen molar-refractivity contribution >= 4 is 0 Å². The number of allylic oxidation sites excluding steroid dienone is 2. The van der Waals surface area contributed by atoms with Crippen molar-refractivity contribution in [3.63, 3.8) is 0 Å². The van der Waals surface area contributed by atoms with Crippen LogP contribution in [0.25, 0.3) is 0 Å². The quantitative estimate of drug-likeness (QED) is 0.387. The molecule has 0 saturated heterocycles. The van der Waals surface area contributed by atoms with Gasteiger partial charge in [-0.15, -0.1) is 0 Å². The third-order valence-electron chi connectivity index (χ3n) is 13.2. The molecule has 0 heterocycles. The average Bonchev–Trinajstić information content (AvgIpc) is 2.70. The van der Waals surface area contributed by atoms with Gasteiger partial charge in [0, 0.05) is 0 Å². The highest BCUT2D eigenvalue weighted by atomic mass is 16.3. The standard InChI is InChI=1S/C30H50O/c1-19-11-14-27(5)17-18-29(7)22-9-10-23-26(3,4)24(31)13-15-28(23,6)21(22)12-16-30(29,8)25(27)20(19)2/h19-20,23-25,31H,9-18H2,1-8H3/t19-,20+,23+,24+,25-,27+,28-,29-,30+/m1/s1. The molecule has 0 aromatic carbocycles. The molecule has 31 heavy (non-hydrogen) atoms. The number of hydrogen-bond donors (Lipinski definition) is 1. The van der Waals surface area contributed by atoms with Gasteiger partial charge in [0.05, 0.1) is 6.10 Å². The summed E-state index contributed by atoms with van der Waals surface area (Å²) in [6.07, 6.45) is 13.1. The molecule has 0 spiro atoms. The van der Waals surface area contributed by atoms with E-state index in [2.05, 4.69) is 55.4 Å². The van der Waals surface area contributed by atoms with Crippen LogP contribution in [-0.2, 0) is 0 Å². The highest BCUT2D eigenvalue weighted by Gasteiger charge is 2.66. The van der Waals surface area contributed by atoms with Gasteiger partial charge in [0.1, 0.15) is 0 Å². The van der Waals surface area contributed by atoms with Gasteiger partial charge in [-0.25, -0.2) is 0 Å². The minimum absolute atomic E-state index is 0.0473. The first-order chi connectivity index (χ1) is 14.3. The van der Waals surface area contributed by atoms with Gasteiger partial charge in [-0.05, 0) is 115 Å². The smallest absolute Gasteiger partial charge is 0.0594 e. The maximum Gasteiger partial charge on any atom is 0.0594 e. The van der Waals surface area contributed by atoms with E-state index in [1.807, 2.05) is 11.1 Å². The van der Waals surface area contributed by atoms with Crippen LogP contribution in [0, 0.1) is 50.7 Å². The van der Waals surface area contributed by atoms with Crippen LogP contribution < -0.4 is 0 Å². The molecule has 0 aromatic heterocycles. The van der Waals surface area contributed by atoms with Crippen molar-refractivity contribution in [2.24, 2.45) is 50.7 Å². The molecule has 0 amide bonds. The fourth-order valence-corrected chi connectivity index (χ4v) is 11.0. The second-order valence-electron chi connectivity index (χ2n) is 14.6. The van der Waals surface area contributed by atoms with E-state index in [9.17, 15) is 5.11 Å². The van der Waals surface area contributed by atoms with E-state index in [0.29, 0.717) is 27.6 Å².